The van der Waals surface area contributed by atoms with E-state index >= 15 is 0 Å². The van der Waals surface area contributed by atoms with Gasteiger partial charge in [0.05, 0.1) is 12.2 Å². The number of benzene rings is 2. The SMILES string of the molecule is Cc1ccc(CN2c3ccsc3C(=O)C(=CNCCc3c[nH]c4ccccc34)S2(=O)=O)cc1. The Morgan fingerprint density at radius 2 is 1.88 bits per heavy atom. The minimum atomic E-state index is -3.99. The van der Waals surface area contributed by atoms with Crippen molar-refractivity contribution in [2.24, 2.45) is 0 Å². The van der Waals surface area contributed by atoms with Gasteiger partial charge < -0.3 is 10.3 Å². The number of allylic oxidation sites excluding steroid dienone is 1. The van der Waals surface area contributed by atoms with E-state index < -0.39 is 15.8 Å². The van der Waals surface area contributed by atoms with Gasteiger partial charge in [0.2, 0.25) is 5.78 Å². The van der Waals surface area contributed by atoms with Crippen LogP contribution in [0.25, 0.3) is 10.9 Å². The molecule has 2 aromatic heterocycles. The van der Waals surface area contributed by atoms with Gasteiger partial charge in [-0.05, 0) is 42.0 Å². The Labute approximate surface area is 196 Å². The van der Waals surface area contributed by atoms with Crippen LogP contribution in [0.5, 0.6) is 0 Å². The number of sulfonamides is 1. The molecule has 5 rings (SSSR count). The van der Waals surface area contributed by atoms with Gasteiger partial charge in [-0.2, -0.15) is 0 Å². The van der Waals surface area contributed by atoms with E-state index in [1.54, 1.807) is 11.4 Å². The summed E-state index contributed by atoms with van der Waals surface area (Å²) >= 11 is 1.26. The number of nitrogens with one attached hydrogen (secondary N) is 2. The number of hydrogen-bond acceptors (Lipinski definition) is 5. The number of rotatable bonds is 6. The number of carbonyl (C=O) groups excluding carboxylic acids is 1. The summed E-state index contributed by atoms with van der Waals surface area (Å²) < 4.78 is 28.2. The summed E-state index contributed by atoms with van der Waals surface area (Å²) in [5.41, 5.74) is 4.61. The molecule has 0 unspecified atom stereocenters. The number of para-hydroxylation sites is 1. The van der Waals surface area contributed by atoms with Gasteiger partial charge >= 0.3 is 0 Å². The number of anilines is 1. The number of aromatic amines is 1. The van der Waals surface area contributed by atoms with Crippen LogP contribution < -0.4 is 9.62 Å². The third kappa shape index (κ3) is 3.96. The van der Waals surface area contributed by atoms with Gasteiger partial charge in [0.15, 0.2) is 4.91 Å². The number of H-pyrrole nitrogens is 1. The molecule has 0 saturated carbocycles. The number of nitrogens with zero attached hydrogens (tertiary/aromatic N) is 1. The van der Waals surface area contributed by atoms with Crippen LogP contribution in [0.2, 0.25) is 0 Å². The number of aromatic nitrogens is 1. The second-order valence-electron chi connectivity index (χ2n) is 8.03. The minimum absolute atomic E-state index is 0.173. The van der Waals surface area contributed by atoms with Crippen LogP contribution in [0.4, 0.5) is 5.69 Å². The molecule has 1 aliphatic heterocycles. The van der Waals surface area contributed by atoms with Crippen LogP contribution >= 0.6 is 11.3 Å². The maximum absolute atomic E-state index is 13.4. The topological polar surface area (TPSA) is 82.3 Å². The van der Waals surface area contributed by atoms with Crippen LogP contribution in [0, 0.1) is 6.92 Å². The predicted molar refractivity (Wildman–Crippen MR) is 133 cm³/mol. The molecule has 6 nitrogen and oxygen atoms in total. The summed E-state index contributed by atoms with van der Waals surface area (Å²) in [5, 5.41) is 5.96. The Morgan fingerprint density at radius 3 is 2.70 bits per heavy atom. The number of carbonyl (C=O) groups is 1. The fourth-order valence-corrected chi connectivity index (χ4v) is 6.53. The van der Waals surface area contributed by atoms with Crippen molar-refractivity contribution in [1.29, 1.82) is 0 Å². The van der Waals surface area contributed by atoms with E-state index in [0.717, 1.165) is 27.6 Å². The molecule has 0 aliphatic carbocycles. The fraction of sp³-hybridized carbons (Fsp3) is 0.160. The number of hydrogen-bond donors (Lipinski definition) is 2. The third-order valence-corrected chi connectivity index (χ3v) is 8.47. The lowest BCUT2D eigenvalue weighted by atomic mass is 10.1. The zero-order chi connectivity index (χ0) is 23.0. The van der Waals surface area contributed by atoms with E-state index in [2.05, 4.69) is 16.4 Å². The second kappa shape index (κ2) is 8.53. The van der Waals surface area contributed by atoms with Crippen molar-refractivity contribution < 1.29 is 13.2 Å². The average Bonchev–Trinajstić information content (AvgIpc) is 3.45. The first-order chi connectivity index (χ1) is 15.9. The third-order valence-electron chi connectivity index (χ3n) is 5.80. The van der Waals surface area contributed by atoms with Crippen LogP contribution in [0.1, 0.15) is 26.4 Å². The zero-order valence-corrected chi connectivity index (χ0v) is 19.7. The van der Waals surface area contributed by atoms with Crippen molar-refractivity contribution in [1.82, 2.24) is 10.3 Å². The standard InChI is InChI=1S/C25H23N3O3S2/c1-17-6-8-18(9-7-17)16-28-22-11-13-32-25(22)24(29)23(33(28,30)31)15-26-12-10-19-14-27-21-5-3-2-4-20(19)21/h2-9,11,13-15,26-27H,10,12,16H2,1H3. The predicted octanol–water partition coefficient (Wildman–Crippen LogP) is 4.74. The molecule has 8 heteroatoms. The van der Waals surface area contributed by atoms with Crippen molar-refractivity contribution in [3.05, 3.63) is 98.8 Å². The molecular formula is C25H23N3O3S2. The van der Waals surface area contributed by atoms with Crippen molar-refractivity contribution >= 4 is 43.7 Å². The van der Waals surface area contributed by atoms with E-state index in [-0.39, 0.29) is 11.4 Å². The molecular weight excluding hydrogens is 454 g/mol. The van der Waals surface area contributed by atoms with E-state index in [9.17, 15) is 13.2 Å². The average molecular weight is 478 g/mol. The monoisotopic (exact) mass is 477 g/mol. The summed E-state index contributed by atoms with van der Waals surface area (Å²) in [4.78, 5) is 16.5. The largest absolute Gasteiger partial charge is 0.389 e. The highest BCUT2D eigenvalue weighted by Gasteiger charge is 2.41. The minimum Gasteiger partial charge on any atom is -0.389 e. The molecule has 0 atom stereocenters. The van der Waals surface area contributed by atoms with Gasteiger partial charge in [0.1, 0.15) is 4.88 Å². The summed E-state index contributed by atoms with van der Waals surface area (Å²) in [5.74, 6) is -0.459. The Hall–Kier alpha value is -3.36. The molecule has 33 heavy (non-hydrogen) atoms. The molecule has 3 heterocycles. The fourth-order valence-electron chi connectivity index (χ4n) is 4.03. The van der Waals surface area contributed by atoms with Gasteiger partial charge in [-0.25, -0.2) is 8.42 Å². The summed E-state index contributed by atoms with van der Waals surface area (Å²) in [7, 11) is -3.99. The van der Waals surface area contributed by atoms with Crippen LogP contribution in [0.15, 0.2) is 77.3 Å². The molecule has 2 aromatic carbocycles. The Morgan fingerprint density at radius 1 is 1.09 bits per heavy atom. The summed E-state index contributed by atoms with van der Waals surface area (Å²) in [6.07, 6.45) is 4.01. The molecule has 0 radical (unpaired) electrons. The maximum atomic E-state index is 13.4. The number of ketones is 1. The molecule has 1 aliphatic rings. The Kier molecular flexibility index (Phi) is 5.55. The lowest BCUT2D eigenvalue weighted by Gasteiger charge is -2.29. The zero-order valence-electron chi connectivity index (χ0n) is 18.0. The lowest BCUT2D eigenvalue weighted by Crippen LogP contribution is -2.38. The summed E-state index contributed by atoms with van der Waals surface area (Å²) in [6.45, 7) is 2.66. The van der Waals surface area contributed by atoms with Gasteiger partial charge in [-0.3, -0.25) is 9.10 Å². The second-order valence-corrected chi connectivity index (χ2v) is 10.8. The van der Waals surface area contributed by atoms with Gasteiger partial charge in [0, 0.05) is 29.8 Å². The maximum Gasteiger partial charge on any atom is 0.270 e. The molecule has 0 fully saturated rings. The number of aryl methyl sites for hydroxylation is 1. The first-order valence-corrected chi connectivity index (χ1v) is 13.0. The normalized spacial score (nSPS) is 16.3. The lowest BCUT2D eigenvalue weighted by molar-refractivity contribution is 0.104. The van der Waals surface area contributed by atoms with E-state index in [1.165, 1.54) is 21.8 Å². The molecule has 0 spiro atoms. The number of Topliss-reactive ketones (excluding diaryl/α,β-unsaturated/α-hetero) is 1. The van der Waals surface area contributed by atoms with Crippen molar-refractivity contribution in [3.8, 4) is 0 Å². The molecule has 0 saturated heterocycles. The quantitative estimate of drug-likeness (QED) is 0.310. The van der Waals surface area contributed by atoms with Gasteiger partial charge in [0.25, 0.3) is 10.0 Å². The highest BCUT2D eigenvalue weighted by atomic mass is 32.2. The van der Waals surface area contributed by atoms with Gasteiger partial charge in [-0.15, -0.1) is 11.3 Å². The summed E-state index contributed by atoms with van der Waals surface area (Å²) in [6, 6.07) is 17.5. The van der Waals surface area contributed by atoms with Crippen molar-refractivity contribution in [3.63, 3.8) is 0 Å². The van der Waals surface area contributed by atoms with Crippen LogP contribution in [0.3, 0.4) is 0 Å². The van der Waals surface area contributed by atoms with E-state index in [4.69, 9.17) is 0 Å². The molecule has 168 valence electrons. The highest BCUT2D eigenvalue weighted by Crippen LogP contribution is 2.39. The Balaban J connectivity index is 1.39. The first-order valence-electron chi connectivity index (χ1n) is 10.6. The molecule has 4 aromatic rings. The van der Waals surface area contributed by atoms with Crippen molar-refractivity contribution in [2.45, 2.75) is 19.9 Å². The van der Waals surface area contributed by atoms with E-state index in [0.29, 0.717) is 23.5 Å². The van der Waals surface area contributed by atoms with Gasteiger partial charge in [-0.1, -0.05) is 48.0 Å². The number of fused-ring (bicyclic) bond motifs is 2. The smallest absolute Gasteiger partial charge is 0.270 e. The highest BCUT2D eigenvalue weighted by molar-refractivity contribution is 7.97. The Bertz CT molecular complexity index is 1460. The number of thiophene rings is 1. The van der Waals surface area contributed by atoms with Crippen LogP contribution in [-0.2, 0) is 23.0 Å². The van der Waals surface area contributed by atoms with Crippen molar-refractivity contribution in [2.75, 3.05) is 10.8 Å². The van der Waals surface area contributed by atoms with E-state index in [1.807, 2.05) is 55.6 Å². The molecule has 2 N–H and O–H groups in total. The molecule has 0 bridgehead atoms. The molecule has 0 amide bonds. The van der Waals surface area contributed by atoms with Crippen LogP contribution in [-0.4, -0.2) is 25.7 Å². The first kappa shape index (κ1) is 21.5.